The van der Waals surface area contributed by atoms with Crippen molar-refractivity contribution >= 4 is 34.4 Å². The van der Waals surface area contributed by atoms with Gasteiger partial charge < -0.3 is 29.7 Å². The minimum atomic E-state index is 0.614. The SMILES string of the molecule is COc1cc(Nc2cc(N3CCN(C)c4cnc(-c5cccc(C)n5)nc43)ccn2)ccc1N1CCN(C)CC1. The summed E-state index contributed by atoms with van der Waals surface area (Å²) in [6.45, 7) is 7.68. The van der Waals surface area contributed by atoms with Gasteiger partial charge in [0.1, 0.15) is 17.3 Å². The van der Waals surface area contributed by atoms with Crippen LogP contribution >= 0.6 is 0 Å². The molecule has 10 heteroatoms. The van der Waals surface area contributed by atoms with Gasteiger partial charge in [0, 0.05) is 81.7 Å². The molecule has 1 aromatic carbocycles. The average Bonchev–Trinajstić information content (AvgIpc) is 2.98. The summed E-state index contributed by atoms with van der Waals surface area (Å²) in [5.41, 5.74) is 5.74. The number of methoxy groups -OCH3 is 1. The van der Waals surface area contributed by atoms with Crippen LogP contribution in [0.25, 0.3) is 11.5 Å². The second-order valence-electron chi connectivity index (χ2n) is 10.3. The van der Waals surface area contributed by atoms with Gasteiger partial charge in [-0.2, -0.15) is 0 Å². The Kier molecular flexibility index (Phi) is 7.08. The van der Waals surface area contributed by atoms with E-state index in [1.54, 1.807) is 7.11 Å². The van der Waals surface area contributed by atoms with Gasteiger partial charge >= 0.3 is 0 Å². The predicted octanol–water partition coefficient (Wildman–Crippen LogP) is 4.33. The molecule has 40 heavy (non-hydrogen) atoms. The van der Waals surface area contributed by atoms with E-state index in [0.29, 0.717) is 5.82 Å². The van der Waals surface area contributed by atoms with E-state index < -0.39 is 0 Å². The van der Waals surface area contributed by atoms with Crippen LogP contribution in [-0.2, 0) is 0 Å². The van der Waals surface area contributed by atoms with Crippen LogP contribution in [0.4, 0.5) is 34.4 Å². The Balaban J connectivity index is 1.27. The number of nitrogens with zero attached hydrogens (tertiary/aromatic N) is 8. The van der Waals surface area contributed by atoms with E-state index in [1.165, 1.54) is 0 Å². The molecule has 2 aliphatic heterocycles. The molecule has 1 N–H and O–H groups in total. The quantitative estimate of drug-likeness (QED) is 0.383. The van der Waals surface area contributed by atoms with E-state index in [9.17, 15) is 0 Å². The number of benzene rings is 1. The Hall–Kier alpha value is -4.44. The number of likely N-dealkylation sites (N-methyl/N-ethyl adjacent to an activating group) is 2. The minimum absolute atomic E-state index is 0.614. The van der Waals surface area contributed by atoms with Gasteiger partial charge in [-0.05, 0) is 44.3 Å². The fourth-order valence-electron chi connectivity index (χ4n) is 5.22. The molecule has 2 aliphatic rings. The van der Waals surface area contributed by atoms with E-state index in [4.69, 9.17) is 9.72 Å². The van der Waals surface area contributed by atoms with Crippen molar-refractivity contribution in [1.82, 2.24) is 24.8 Å². The Morgan fingerprint density at radius 3 is 2.50 bits per heavy atom. The summed E-state index contributed by atoms with van der Waals surface area (Å²) in [7, 11) is 5.96. The first-order valence-corrected chi connectivity index (χ1v) is 13.6. The number of aromatic nitrogens is 4. The highest BCUT2D eigenvalue weighted by Gasteiger charge is 2.25. The normalized spacial score (nSPS) is 15.7. The van der Waals surface area contributed by atoms with Gasteiger partial charge in [0.25, 0.3) is 0 Å². The average molecular weight is 538 g/mol. The molecule has 0 amide bonds. The molecule has 0 unspecified atom stereocenters. The molecule has 6 rings (SSSR count). The Morgan fingerprint density at radius 2 is 1.70 bits per heavy atom. The molecule has 1 fully saturated rings. The Bertz CT molecular complexity index is 1500. The number of hydrogen-bond acceptors (Lipinski definition) is 10. The van der Waals surface area contributed by atoms with Crippen LogP contribution in [0.2, 0.25) is 0 Å². The molecule has 5 heterocycles. The largest absolute Gasteiger partial charge is 0.495 e. The number of hydrogen-bond donors (Lipinski definition) is 1. The number of rotatable bonds is 6. The van der Waals surface area contributed by atoms with Gasteiger partial charge in [0.15, 0.2) is 11.6 Å². The van der Waals surface area contributed by atoms with Gasteiger partial charge in [-0.3, -0.25) is 0 Å². The van der Waals surface area contributed by atoms with Crippen molar-refractivity contribution in [3.8, 4) is 17.3 Å². The van der Waals surface area contributed by atoms with Gasteiger partial charge in [0.2, 0.25) is 0 Å². The zero-order valence-corrected chi connectivity index (χ0v) is 23.5. The molecule has 10 nitrogen and oxygen atoms in total. The van der Waals surface area contributed by atoms with Crippen molar-refractivity contribution in [3.63, 3.8) is 0 Å². The number of fused-ring (bicyclic) bond motifs is 1. The summed E-state index contributed by atoms with van der Waals surface area (Å²) in [4.78, 5) is 28.0. The maximum absolute atomic E-state index is 5.78. The lowest BCUT2D eigenvalue weighted by molar-refractivity contribution is 0.311. The minimum Gasteiger partial charge on any atom is -0.495 e. The van der Waals surface area contributed by atoms with Gasteiger partial charge in [0.05, 0.1) is 24.7 Å². The molecule has 0 atom stereocenters. The third kappa shape index (κ3) is 5.22. The summed E-state index contributed by atoms with van der Waals surface area (Å²) in [6, 6.07) is 16.2. The van der Waals surface area contributed by atoms with Crippen LogP contribution in [0.3, 0.4) is 0 Å². The lowest BCUT2D eigenvalue weighted by Crippen LogP contribution is -2.44. The van der Waals surface area contributed by atoms with Crippen molar-refractivity contribution in [2.24, 2.45) is 0 Å². The summed E-state index contributed by atoms with van der Waals surface area (Å²) in [5, 5.41) is 3.47. The van der Waals surface area contributed by atoms with Crippen molar-refractivity contribution in [3.05, 3.63) is 66.6 Å². The number of pyridine rings is 2. The van der Waals surface area contributed by atoms with Crippen LogP contribution in [0.15, 0.2) is 60.9 Å². The smallest absolute Gasteiger partial charge is 0.180 e. The lowest BCUT2D eigenvalue weighted by Gasteiger charge is -2.35. The molecular weight excluding hydrogens is 502 g/mol. The molecule has 0 bridgehead atoms. The third-order valence-corrected chi connectivity index (χ3v) is 7.54. The van der Waals surface area contributed by atoms with Crippen molar-refractivity contribution in [2.75, 3.05) is 80.5 Å². The first kappa shape index (κ1) is 25.8. The van der Waals surface area contributed by atoms with Crippen molar-refractivity contribution < 1.29 is 4.74 Å². The van der Waals surface area contributed by atoms with Gasteiger partial charge in [-0.1, -0.05) is 6.07 Å². The highest BCUT2D eigenvalue weighted by molar-refractivity contribution is 5.78. The predicted molar refractivity (Wildman–Crippen MR) is 160 cm³/mol. The summed E-state index contributed by atoms with van der Waals surface area (Å²) in [6.07, 6.45) is 3.72. The fourth-order valence-corrected chi connectivity index (χ4v) is 5.22. The van der Waals surface area contributed by atoms with Crippen LogP contribution in [0.5, 0.6) is 5.75 Å². The molecule has 0 aliphatic carbocycles. The number of piperazine rings is 1. The molecule has 206 valence electrons. The zero-order chi connectivity index (χ0) is 27.6. The van der Waals surface area contributed by atoms with Crippen molar-refractivity contribution in [2.45, 2.75) is 6.92 Å². The van der Waals surface area contributed by atoms with E-state index in [1.807, 2.05) is 49.6 Å². The number of anilines is 6. The molecule has 0 spiro atoms. The van der Waals surface area contributed by atoms with E-state index >= 15 is 0 Å². The highest BCUT2D eigenvalue weighted by Crippen LogP contribution is 2.37. The van der Waals surface area contributed by atoms with Crippen LogP contribution in [0.1, 0.15) is 5.69 Å². The number of nitrogens with one attached hydrogen (secondary N) is 1. The maximum Gasteiger partial charge on any atom is 0.180 e. The molecule has 1 saturated heterocycles. The van der Waals surface area contributed by atoms with Gasteiger partial charge in [-0.15, -0.1) is 0 Å². The van der Waals surface area contributed by atoms with E-state index in [2.05, 4.69) is 72.2 Å². The second-order valence-corrected chi connectivity index (χ2v) is 10.3. The first-order valence-electron chi connectivity index (χ1n) is 13.6. The van der Waals surface area contributed by atoms with Crippen LogP contribution < -0.4 is 24.8 Å². The summed E-state index contributed by atoms with van der Waals surface area (Å²) >= 11 is 0. The lowest BCUT2D eigenvalue weighted by atomic mass is 10.2. The van der Waals surface area contributed by atoms with Crippen LogP contribution in [-0.4, -0.2) is 85.3 Å². The van der Waals surface area contributed by atoms with Gasteiger partial charge in [-0.25, -0.2) is 19.9 Å². The Labute approximate surface area is 235 Å². The molecule has 3 aromatic heterocycles. The first-order chi connectivity index (χ1) is 19.5. The van der Waals surface area contributed by atoms with Crippen LogP contribution in [0, 0.1) is 6.92 Å². The molecule has 0 saturated carbocycles. The molecular formula is C30H35N9O. The molecule has 0 radical (unpaired) electrons. The second kappa shape index (κ2) is 11.0. The zero-order valence-electron chi connectivity index (χ0n) is 23.5. The highest BCUT2D eigenvalue weighted by atomic mass is 16.5. The monoisotopic (exact) mass is 537 g/mol. The fraction of sp³-hybridized carbons (Fsp3) is 0.333. The third-order valence-electron chi connectivity index (χ3n) is 7.54. The van der Waals surface area contributed by atoms with E-state index in [-0.39, 0.29) is 0 Å². The number of aryl methyl sites for hydroxylation is 1. The topological polar surface area (TPSA) is 85.8 Å². The summed E-state index contributed by atoms with van der Waals surface area (Å²) in [5.74, 6) is 3.08. The summed E-state index contributed by atoms with van der Waals surface area (Å²) < 4.78 is 5.78. The molecule has 4 aromatic rings. The maximum atomic E-state index is 5.78. The Morgan fingerprint density at radius 1 is 0.850 bits per heavy atom. The standard InChI is InChI=1S/C30H35N9O/c1-21-6-5-7-24(33-21)29-32-20-26-30(35-29)39(17-14-37(26)3)23-10-11-31-28(19-23)34-22-8-9-25(27(18-22)40-4)38-15-12-36(2)13-16-38/h5-11,18-20H,12-17H2,1-4H3,(H,31,34). The van der Waals surface area contributed by atoms with E-state index in [0.717, 1.165) is 90.8 Å². The number of ether oxygens (including phenoxy) is 1. The van der Waals surface area contributed by atoms with Crippen molar-refractivity contribution in [1.29, 1.82) is 0 Å².